The van der Waals surface area contributed by atoms with Crippen LogP contribution in [0.4, 0.5) is 0 Å². The third-order valence-electron chi connectivity index (χ3n) is 5.74. The van der Waals surface area contributed by atoms with Crippen LogP contribution in [0.15, 0.2) is 46.9 Å². The molecule has 1 heterocycles. The van der Waals surface area contributed by atoms with Gasteiger partial charge in [0.2, 0.25) is 5.89 Å². The number of benzene rings is 2. The molecule has 0 spiro atoms. The van der Waals surface area contributed by atoms with E-state index in [9.17, 15) is 0 Å². The molecule has 0 bridgehead atoms. The lowest BCUT2D eigenvalue weighted by atomic mass is 10.1. The van der Waals surface area contributed by atoms with Crippen LogP contribution in [0.5, 0.6) is 11.5 Å². The lowest BCUT2D eigenvalue weighted by Gasteiger charge is -2.21. The third-order valence-corrected chi connectivity index (χ3v) is 5.74. The summed E-state index contributed by atoms with van der Waals surface area (Å²) in [5.41, 5.74) is 4.10. The van der Waals surface area contributed by atoms with E-state index in [1.807, 2.05) is 26.0 Å². The molecule has 0 atom stereocenters. The molecule has 2 aromatic carbocycles. The second-order valence-electron chi connectivity index (χ2n) is 8.09. The Bertz CT molecular complexity index is 993. The van der Waals surface area contributed by atoms with Gasteiger partial charge in [-0.15, -0.1) is 0 Å². The monoisotopic (exact) mass is 406 g/mol. The van der Waals surface area contributed by atoms with E-state index in [1.54, 1.807) is 14.2 Å². The topological polar surface area (TPSA) is 47.7 Å². The summed E-state index contributed by atoms with van der Waals surface area (Å²) >= 11 is 0. The first-order valence-electron chi connectivity index (χ1n) is 10.5. The zero-order chi connectivity index (χ0) is 21.1. The molecule has 3 aromatic rings. The quantitative estimate of drug-likeness (QED) is 0.477. The number of methoxy groups -OCH3 is 2. The standard InChI is InChI=1S/C25H30N2O3/c1-17-23(28-3)13-12-21(24(17)29-4)25-26-22(18(2)30-25)16-27(15-20-10-11-20)14-19-8-6-5-7-9-19/h5-9,12-13,20H,10-11,14-16H2,1-4H3. The van der Waals surface area contributed by atoms with Crippen LogP contribution in [-0.4, -0.2) is 30.6 Å². The fraction of sp³-hybridized carbons (Fsp3) is 0.400. The molecule has 5 nitrogen and oxygen atoms in total. The Kier molecular flexibility index (Phi) is 6.09. The summed E-state index contributed by atoms with van der Waals surface area (Å²) in [5, 5.41) is 0. The van der Waals surface area contributed by atoms with Crippen molar-refractivity contribution < 1.29 is 13.9 Å². The number of aryl methyl sites for hydroxylation is 1. The van der Waals surface area contributed by atoms with Crippen LogP contribution in [0.3, 0.4) is 0 Å². The molecule has 1 aliphatic carbocycles. The van der Waals surface area contributed by atoms with Crippen LogP contribution in [0.25, 0.3) is 11.5 Å². The average Bonchev–Trinajstić information content (AvgIpc) is 3.49. The maximum Gasteiger partial charge on any atom is 0.230 e. The van der Waals surface area contributed by atoms with E-state index < -0.39 is 0 Å². The van der Waals surface area contributed by atoms with Crippen LogP contribution in [0.1, 0.15) is 35.4 Å². The van der Waals surface area contributed by atoms with Crippen molar-refractivity contribution in [2.24, 2.45) is 5.92 Å². The molecular weight excluding hydrogens is 376 g/mol. The first kappa shape index (κ1) is 20.5. The van der Waals surface area contributed by atoms with Crippen LogP contribution >= 0.6 is 0 Å². The lowest BCUT2D eigenvalue weighted by molar-refractivity contribution is 0.242. The molecule has 5 heteroatoms. The van der Waals surface area contributed by atoms with Crippen molar-refractivity contribution in [1.82, 2.24) is 9.88 Å². The second-order valence-corrected chi connectivity index (χ2v) is 8.09. The fourth-order valence-corrected chi connectivity index (χ4v) is 3.92. The zero-order valence-electron chi connectivity index (χ0n) is 18.3. The maximum atomic E-state index is 6.08. The van der Waals surface area contributed by atoms with Crippen LogP contribution in [-0.2, 0) is 13.1 Å². The highest BCUT2D eigenvalue weighted by molar-refractivity contribution is 5.68. The number of hydrogen-bond donors (Lipinski definition) is 0. The van der Waals surface area contributed by atoms with Gasteiger partial charge in [0.15, 0.2) is 0 Å². The van der Waals surface area contributed by atoms with E-state index in [-0.39, 0.29) is 0 Å². The zero-order valence-corrected chi connectivity index (χ0v) is 18.3. The minimum absolute atomic E-state index is 0.594. The third kappa shape index (κ3) is 4.51. The predicted molar refractivity (Wildman–Crippen MR) is 118 cm³/mol. The van der Waals surface area contributed by atoms with Crippen molar-refractivity contribution in [3.63, 3.8) is 0 Å². The van der Waals surface area contributed by atoms with Gasteiger partial charge >= 0.3 is 0 Å². The van der Waals surface area contributed by atoms with E-state index in [0.29, 0.717) is 5.89 Å². The van der Waals surface area contributed by atoms with Crippen LogP contribution in [0, 0.1) is 19.8 Å². The van der Waals surface area contributed by atoms with Gasteiger partial charge in [0.05, 0.1) is 25.5 Å². The number of nitrogens with zero attached hydrogens (tertiary/aromatic N) is 2. The molecule has 30 heavy (non-hydrogen) atoms. The van der Waals surface area contributed by atoms with Gasteiger partial charge < -0.3 is 13.9 Å². The van der Waals surface area contributed by atoms with E-state index in [0.717, 1.165) is 59.6 Å². The van der Waals surface area contributed by atoms with E-state index in [1.165, 1.54) is 18.4 Å². The molecule has 0 radical (unpaired) electrons. The predicted octanol–water partition coefficient (Wildman–Crippen LogP) is 5.39. The van der Waals surface area contributed by atoms with Gasteiger partial charge in [-0.05, 0) is 50.3 Å². The minimum Gasteiger partial charge on any atom is -0.496 e. The molecule has 0 saturated heterocycles. The van der Waals surface area contributed by atoms with Gasteiger partial charge in [0, 0.05) is 25.2 Å². The lowest BCUT2D eigenvalue weighted by Crippen LogP contribution is -2.25. The SMILES string of the molecule is COc1ccc(-c2nc(CN(Cc3ccccc3)CC3CC3)c(C)o2)c(OC)c1C. The minimum atomic E-state index is 0.594. The van der Waals surface area contributed by atoms with Crippen LogP contribution < -0.4 is 9.47 Å². The molecule has 0 aliphatic heterocycles. The summed E-state index contributed by atoms with van der Waals surface area (Å²) in [4.78, 5) is 7.35. The number of aromatic nitrogens is 1. The normalized spacial score (nSPS) is 13.6. The number of ether oxygens (including phenoxy) is 2. The fourth-order valence-electron chi connectivity index (χ4n) is 3.92. The number of rotatable bonds is 9. The van der Waals surface area contributed by atoms with E-state index in [4.69, 9.17) is 18.9 Å². The second kappa shape index (κ2) is 8.92. The Balaban J connectivity index is 1.59. The van der Waals surface area contributed by atoms with Crippen LogP contribution in [0.2, 0.25) is 0 Å². The molecule has 1 aromatic heterocycles. The van der Waals surface area contributed by atoms with Gasteiger partial charge in [-0.2, -0.15) is 0 Å². The molecule has 0 amide bonds. The van der Waals surface area contributed by atoms with Crippen molar-refractivity contribution >= 4 is 0 Å². The Morgan fingerprint density at radius 2 is 1.77 bits per heavy atom. The van der Waals surface area contributed by atoms with Crippen molar-refractivity contribution in [2.45, 2.75) is 39.8 Å². The highest BCUT2D eigenvalue weighted by Crippen LogP contribution is 2.38. The summed E-state index contributed by atoms with van der Waals surface area (Å²) in [6.45, 7) is 6.77. The molecule has 0 unspecified atom stereocenters. The molecule has 4 rings (SSSR count). The van der Waals surface area contributed by atoms with Gasteiger partial charge in [-0.3, -0.25) is 4.90 Å². The smallest absolute Gasteiger partial charge is 0.230 e. The Morgan fingerprint density at radius 1 is 1.00 bits per heavy atom. The first-order chi connectivity index (χ1) is 14.6. The summed E-state index contributed by atoms with van der Waals surface area (Å²) in [6.07, 6.45) is 2.66. The van der Waals surface area contributed by atoms with Gasteiger partial charge in [-0.1, -0.05) is 30.3 Å². The molecule has 1 fully saturated rings. The Morgan fingerprint density at radius 3 is 2.43 bits per heavy atom. The molecule has 1 saturated carbocycles. The summed E-state index contributed by atoms with van der Waals surface area (Å²) in [5.74, 6) is 3.79. The number of oxazole rings is 1. The van der Waals surface area contributed by atoms with Crippen molar-refractivity contribution in [2.75, 3.05) is 20.8 Å². The maximum absolute atomic E-state index is 6.08. The summed E-state index contributed by atoms with van der Waals surface area (Å²) in [6, 6.07) is 14.5. The van der Waals surface area contributed by atoms with Gasteiger partial charge in [-0.25, -0.2) is 4.98 Å². The van der Waals surface area contributed by atoms with Crippen molar-refractivity contribution in [3.05, 3.63) is 65.0 Å². The molecule has 158 valence electrons. The molecular formula is C25H30N2O3. The molecule has 0 N–H and O–H groups in total. The first-order valence-corrected chi connectivity index (χ1v) is 10.5. The van der Waals surface area contributed by atoms with E-state index >= 15 is 0 Å². The van der Waals surface area contributed by atoms with Crippen molar-refractivity contribution in [1.29, 1.82) is 0 Å². The average molecular weight is 407 g/mol. The van der Waals surface area contributed by atoms with E-state index in [2.05, 4.69) is 35.2 Å². The number of hydrogen-bond acceptors (Lipinski definition) is 5. The van der Waals surface area contributed by atoms with Gasteiger partial charge in [0.25, 0.3) is 0 Å². The largest absolute Gasteiger partial charge is 0.496 e. The highest BCUT2D eigenvalue weighted by atomic mass is 16.5. The molecule has 1 aliphatic rings. The Hall–Kier alpha value is -2.79. The highest BCUT2D eigenvalue weighted by Gasteiger charge is 2.26. The Labute approximate surface area is 178 Å². The van der Waals surface area contributed by atoms with Crippen molar-refractivity contribution in [3.8, 4) is 23.0 Å². The summed E-state index contributed by atoms with van der Waals surface area (Å²) < 4.78 is 17.2. The summed E-state index contributed by atoms with van der Waals surface area (Å²) in [7, 11) is 3.33. The van der Waals surface area contributed by atoms with Gasteiger partial charge in [0.1, 0.15) is 17.3 Å².